The van der Waals surface area contributed by atoms with Crippen LogP contribution in [0.5, 0.6) is 0 Å². The Morgan fingerprint density at radius 1 is 1.07 bits per heavy atom. The number of anilines is 1. The van der Waals surface area contributed by atoms with E-state index in [9.17, 15) is 4.79 Å². The van der Waals surface area contributed by atoms with Crippen LogP contribution in [0.3, 0.4) is 0 Å². The molecule has 0 aromatic heterocycles. The zero-order chi connectivity index (χ0) is 20.2. The summed E-state index contributed by atoms with van der Waals surface area (Å²) in [7, 11) is 0. The molecule has 2 aromatic rings. The Morgan fingerprint density at radius 2 is 1.76 bits per heavy atom. The summed E-state index contributed by atoms with van der Waals surface area (Å²) in [6, 6.07) is 18.4. The van der Waals surface area contributed by atoms with Gasteiger partial charge in [0.15, 0.2) is 5.96 Å². The predicted molar refractivity (Wildman–Crippen MR) is 136 cm³/mol. The van der Waals surface area contributed by atoms with Gasteiger partial charge in [-0.1, -0.05) is 37.3 Å². The van der Waals surface area contributed by atoms with Gasteiger partial charge >= 0.3 is 0 Å². The van der Waals surface area contributed by atoms with Crippen molar-refractivity contribution in [3.63, 3.8) is 0 Å². The van der Waals surface area contributed by atoms with Crippen molar-refractivity contribution in [2.24, 2.45) is 4.99 Å². The van der Waals surface area contributed by atoms with Gasteiger partial charge in [0.1, 0.15) is 0 Å². The highest BCUT2D eigenvalue weighted by atomic mass is 127. The number of aliphatic imine (C=N–C) groups is 1. The molecule has 0 bridgehead atoms. The van der Waals surface area contributed by atoms with E-state index < -0.39 is 0 Å². The Bertz CT molecular complexity index is 753. The SMILES string of the molecule is CCNC(=NCC(C)Sc1ccccc1)NCCc1ccc(NC(C)=O)cc1.I. The highest BCUT2D eigenvalue weighted by molar-refractivity contribution is 14.0. The molecule has 0 saturated carbocycles. The Labute approximate surface area is 195 Å². The number of nitrogens with zero attached hydrogens (tertiary/aromatic N) is 1. The van der Waals surface area contributed by atoms with Crippen molar-refractivity contribution in [1.82, 2.24) is 10.6 Å². The Hall–Kier alpha value is -1.74. The third kappa shape index (κ3) is 10.6. The minimum Gasteiger partial charge on any atom is -0.357 e. The predicted octanol–water partition coefficient (Wildman–Crippen LogP) is 4.54. The number of carbonyl (C=O) groups excluding carboxylic acids is 1. The third-order valence-electron chi connectivity index (χ3n) is 3.91. The van der Waals surface area contributed by atoms with Gasteiger partial charge < -0.3 is 16.0 Å². The first-order chi connectivity index (χ1) is 13.6. The number of hydrogen-bond donors (Lipinski definition) is 3. The number of guanidine groups is 1. The topological polar surface area (TPSA) is 65.5 Å². The van der Waals surface area contributed by atoms with Gasteiger partial charge in [0.05, 0.1) is 6.54 Å². The van der Waals surface area contributed by atoms with Crippen LogP contribution in [0.15, 0.2) is 64.5 Å². The van der Waals surface area contributed by atoms with Crippen LogP contribution < -0.4 is 16.0 Å². The van der Waals surface area contributed by atoms with Crippen LogP contribution in [0.1, 0.15) is 26.3 Å². The molecule has 0 aliphatic rings. The van der Waals surface area contributed by atoms with Crippen LogP contribution in [0.25, 0.3) is 0 Å². The molecule has 7 heteroatoms. The smallest absolute Gasteiger partial charge is 0.221 e. The van der Waals surface area contributed by atoms with E-state index in [4.69, 9.17) is 4.99 Å². The lowest BCUT2D eigenvalue weighted by Crippen LogP contribution is -2.38. The molecule has 0 aliphatic carbocycles. The zero-order valence-electron chi connectivity index (χ0n) is 17.3. The molecule has 1 atom stereocenters. The minimum atomic E-state index is -0.0550. The summed E-state index contributed by atoms with van der Waals surface area (Å²) < 4.78 is 0. The summed E-state index contributed by atoms with van der Waals surface area (Å²) in [4.78, 5) is 17.1. The van der Waals surface area contributed by atoms with E-state index in [1.165, 1.54) is 17.4 Å². The number of rotatable bonds is 9. The van der Waals surface area contributed by atoms with Gasteiger partial charge in [0.25, 0.3) is 0 Å². The fraction of sp³-hybridized carbons (Fsp3) is 0.364. The second-order valence-corrected chi connectivity index (χ2v) is 8.03. The highest BCUT2D eigenvalue weighted by Gasteiger charge is 2.05. The second-order valence-electron chi connectivity index (χ2n) is 6.52. The van der Waals surface area contributed by atoms with Crippen LogP contribution in [0, 0.1) is 0 Å². The van der Waals surface area contributed by atoms with Crippen LogP contribution in [-0.2, 0) is 11.2 Å². The largest absolute Gasteiger partial charge is 0.357 e. The van der Waals surface area contributed by atoms with E-state index >= 15 is 0 Å². The number of amides is 1. The van der Waals surface area contributed by atoms with Gasteiger partial charge in [0, 0.05) is 35.8 Å². The van der Waals surface area contributed by atoms with E-state index in [-0.39, 0.29) is 29.9 Å². The van der Waals surface area contributed by atoms with Gasteiger partial charge in [-0.15, -0.1) is 35.7 Å². The van der Waals surface area contributed by atoms with Gasteiger partial charge in [0.2, 0.25) is 5.91 Å². The summed E-state index contributed by atoms with van der Waals surface area (Å²) >= 11 is 1.84. The molecule has 1 amide bonds. The van der Waals surface area contributed by atoms with Gasteiger partial charge in [-0.3, -0.25) is 9.79 Å². The van der Waals surface area contributed by atoms with Crippen molar-refractivity contribution < 1.29 is 4.79 Å². The second kappa shape index (κ2) is 14.3. The maximum absolute atomic E-state index is 11.1. The van der Waals surface area contributed by atoms with Crippen LogP contribution in [0.4, 0.5) is 5.69 Å². The summed E-state index contributed by atoms with van der Waals surface area (Å²) in [6.07, 6.45) is 0.888. The number of benzene rings is 2. The quantitative estimate of drug-likeness (QED) is 0.194. The highest BCUT2D eigenvalue weighted by Crippen LogP contribution is 2.22. The van der Waals surface area contributed by atoms with Crippen molar-refractivity contribution in [3.05, 3.63) is 60.2 Å². The lowest BCUT2D eigenvalue weighted by molar-refractivity contribution is -0.114. The minimum absolute atomic E-state index is 0. The molecule has 0 fully saturated rings. The Balaban J connectivity index is 0.00000420. The Kier molecular flexibility index (Phi) is 12.5. The molecule has 0 radical (unpaired) electrons. The molecule has 3 N–H and O–H groups in total. The van der Waals surface area contributed by atoms with Crippen molar-refractivity contribution in [2.45, 2.75) is 37.3 Å². The first-order valence-corrected chi connectivity index (χ1v) is 10.5. The third-order valence-corrected chi connectivity index (χ3v) is 5.01. The van der Waals surface area contributed by atoms with E-state index in [0.29, 0.717) is 5.25 Å². The van der Waals surface area contributed by atoms with Gasteiger partial charge in [-0.2, -0.15) is 0 Å². The molecule has 0 saturated heterocycles. The molecule has 2 aromatic carbocycles. The van der Waals surface area contributed by atoms with Crippen molar-refractivity contribution in [3.8, 4) is 0 Å². The van der Waals surface area contributed by atoms with Crippen LogP contribution in [0.2, 0.25) is 0 Å². The maximum Gasteiger partial charge on any atom is 0.221 e. The molecule has 1 unspecified atom stereocenters. The van der Waals surface area contributed by atoms with Crippen molar-refractivity contribution in [2.75, 3.05) is 25.0 Å². The molecule has 29 heavy (non-hydrogen) atoms. The standard InChI is InChI=1S/C22H30N4OS.HI/c1-4-23-22(25-16-17(2)28-21-8-6-5-7-9-21)24-15-14-19-10-12-20(13-11-19)26-18(3)27;/h5-13,17H,4,14-16H2,1-3H3,(H,26,27)(H2,23,24,25);1H. The summed E-state index contributed by atoms with van der Waals surface area (Å²) in [6.45, 7) is 8.16. The molecule has 0 spiro atoms. The molecular formula is C22H31IN4OS. The molecular weight excluding hydrogens is 495 g/mol. The lowest BCUT2D eigenvalue weighted by Gasteiger charge is -2.13. The van der Waals surface area contributed by atoms with E-state index in [0.717, 1.165) is 37.7 Å². The van der Waals surface area contributed by atoms with E-state index in [2.05, 4.69) is 54.1 Å². The molecule has 0 heterocycles. The van der Waals surface area contributed by atoms with Crippen molar-refractivity contribution in [1.29, 1.82) is 0 Å². The van der Waals surface area contributed by atoms with Crippen molar-refractivity contribution >= 4 is 53.3 Å². The Morgan fingerprint density at radius 3 is 2.38 bits per heavy atom. The molecule has 158 valence electrons. The fourth-order valence-corrected chi connectivity index (χ4v) is 3.54. The first-order valence-electron chi connectivity index (χ1n) is 9.67. The molecule has 2 rings (SSSR count). The van der Waals surface area contributed by atoms with Gasteiger partial charge in [-0.25, -0.2) is 0 Å². The van der Waals surface area contributed by atoms with Crippen LogP contribution in [-0.4, -0.2) is 36.8 Å². The fourth-order valence-electron chi connectivity index (χ4n) is 2.61. The number of nitrogens with one attached hydrogen (secondary N) is 3. The summed E-state index contributed by atoms with van der Waals surface area (Å²) in [5.74, 6) is 0.790. The molecule has 5 nitrogen and oxygen atoms in total. The monoisotopic (exact) mass is 526 g/mol. The number of halogens is 1. The van der Waals surface area contributed by atoms with E-state index in [1.54, 1.807) is 0 Å². The summed E-state index contributed by atoms with van der Waals surface area (Å²) in [5.41, 5.74) is 2.04. The first kappa shape index (κ1) is 25.3. The van der Waals surface area contributed by atoms with Gasteiger partial charge in [-0.05, 0) is 43.2 Å². The average Bonchev–Trinajstić information content (AvgIpc) is 2.68. The van der Waals surface area contributed by atoms with E-state index in [1.807, 2.05) is 42.1 Å². The normalized spacial score (nSPS) is 11.9. The number of carbonyl (C=O) groups is 1. The number of thioether (sulfide) groups is 1. The average molecular weight is 526 g/mol. The maximum atomic E-state index is 11.1. The van der Waals surface area contributed by atoms with Crippen LogP contribution >= 0.6 is 35.7 Å². The summed E-state index contributed by atoms with van der Waals surface area (Å²) in [5, 5.41) is 9.88. The number of hydrogen-bond acceptors (Lipinski definition) is 3. The molecule has 0 aliphatic heterocycles. The lowest BCUT2D eigenvalue weighted by atomic mass is 10.1. The zero-order valence-corrected chi connectivity index (χ0v) is 20.4.